The summed E-state index contributed by atoms with van der Waals surface area (Å²) in [4.78, 5) is 10.6. The van der Waals surface area contributed by atoms with Crippen molar-refractivity contribution in [1.82, 2.24) is 0 Å². The molecular weight excluding hydrogens is 317 g/mol. The average molecular weight is 325 g/mol. The Bertz CT molecular complexity index is 580. The first-order valence-corrected chi connectivity index (χ1v) is 6.30. The van der Waals surface area contributed by atoms with Crippen molar-refractivity contribution in [2.24, 2.45) is 0 Å². The first-order chi connectivity index (χ1) is 9.69. The van der Waals surface area contributed by atoms with Crippen LogP contribution in [0.5, 0.6) is 0 Å². The van der Waals surface area contributed by atoms with E-state index in [0.717, 1.165) is 6.07 Å². The first-order valence-electron chi connectivity index (χ1n) is 5.48. The summed E-state index contributed by atoms with van der Waals surface area (Å²) in [5.74, 6) is -0.987. The van der Waals surface area contributed by atoms with E-state index in [9.17, 15) is 26.7 Å². The van der Waals surface area contributed by atoms with Crippen LogP contribution in [0.2, 0.25) is 0 Å². The molecule has 9 heteroatoms. The van der Waals surface area contributed by atoms with Gasteiger partial charge in [0.25, 0.3) is 6.43 Å². The minimum absolute atomic E-state index is 0.0379. The SMILES string of the molecule is CCOC(=O)c1cc(C#N)c(SC(F)(F)F)c(C(F)F)c1. The molecule has 0 aromatic heterocycles. The summed E-state index contributed by atoms with van der Waals surface area (Å²) in [7, 11) is 0. The van der Waals surface area contributed by atoms with Gasteiger partial charge in [0.2, 0.25) is 0 Å². The Morgan fingerprint density at radius 1 is 1.43 bits per heavy atom. The second kappa shape index (κ2) is 6.76. The number of ether oxygens (including phenoxy) is 1. The Morgan fingerprint density at radius 2 is 2.05 bits per heavy atom. The number of benzene rings is 1. The van der Waals surface area contributed by atoms with Gasteiger partial charge in [-0.25, -0.2) is 13.6 Å². The summed E-state index contributed by atoms with van der Waals surface area (Å²) in [5, 5.41) is 8.83. The maximum atomic E-state index is 12.9. The lowest BCUT2D eigenvalue weighted by atomic mass is 10.1. The molecule has 0 heterocycles. The molecule has 0 saturated carbocycles. The number of alkyl halides is 5. The van der Waals surface area contributed by atoms with Crippen LogP contribution in [0.25, 0.3) is 0 Å². The highest BCUT2D eigenvalue weighted by Crippen LogP contribution is 2.43. The summed E-state index contributed by atoms with van der Waals surface area (Å²) in [6.07, 6.45) is -3.27. The molecule has 0 amide bonds. The first kappa shape index (κ1) is 17.2. The molecule has 0 fully saturated rings. The highest BCUT2D eigenvalue weighted by molar-refractivity contribution is 8.00. The lowest BCUT2D eigenvalue weighted by molar-refractivity contribution is -0.0329. The number of hydrogen-bond acceptors (Lipinski definition) is 4. The fraction of sp³-hybridized carbons (Fsp3) is 0.333. The van der Waals surface area contributed by atoms with Crippen LogP contribution in [0, 0.1) is 11.3 Å². The summed E-state index contributed by atoms with van der Waals surface area (Å²) < 4.78 is 67.6. The molecule has 0 aliphatic rings. The smallest absolute Gasteiger partial charge is 0.446 e. The molecule has 0 unspecified atom stereocenters. The third kappa shape index (κ3) is 4.60. The van der Waals surface area contributed by atoms with Crippen molar-refractivity contribution < 1.29 is 31.5 Å². The number of nitriles is 1. The van der Waals surface area contributed by atoms with Gasteiger partial charge in [-0.15, -0.1) is 0 Å². The monoisotopic (exact) mass is 325 g/mol. The number of hydrogen-bond donors (Lipinski definition) is 0. The Balaban J connectivity index is 3.44. The third-order valence-corrected chi connectivity index (χ3v) is 3.09. The average Bonchev–Trinajstić information content (AvgIpc) is 2.36. The minimum atomic E-state index is -4.83. The van der Waals surface area contributed by atoms with E-state index in [-0.39, 0.29) is 6.61 Å². The summed E-state index contributed by atoms with van der Waals surface area (Å²) in [6.45, 7) is 1.44. The van der Waals surface area contributed by atoms with Gasteiger partial charge >= 0.3 is 11.5 Å². The zero-order valence-electron chi connectivity index (χ0n) is 10.5. The Hall–Kier alpha value is -1.82. The molecule has 3 nitrogen and oxygen atoms in total. The van der Waals surface area contributed by atoms with Gasteiger partial charge < -0.3 is 4.74 Å². The van der Waals surface area contributed by atoms with Crippen LogP contribution in [-0.4, -0.2) is 18.1 Å². The van der Waals surface area contributed by atoms with E-state index in [2.05, 4.69) is 4.74 Å². The van der Waals surface area contributed by atoms with Crippen molar-refractivity contribution in [3.63, 3.8) is 0 Å². The molecule has 0 atom stereocenters. The van der Waals surface area contributed by atoms with E-state index in [1.807, 2.05) is 0 Å². The van der Waals surface area contributed by atoms with Crippen LogP contribution in [0.15, 0.2) is 17.0 Å². The van der Waals surface area contributed by atoms with Crippen molar-refractivity contribution in [2.75, 3.05) is 6.61 Å². The Labute approximate surface area is 120 Å². The van der Waals surface area contributed by atoms with Gasteiger partial charge in [-0.3, -0.25) is 0 Å². The number of carbonyl (C=O) groups excluding carboxylic acids is 1. The second-order valence-corrected chi connectivity index (χ2v) is 4.70. The van der Waals surface area contributed by atoms with Crippen LogP contribution in [0.4, 0.5) is 22.0 Å². The summed E-state index contributed by atoms with van der Waals surface area (Å²) in [5.41, 5.74) is -6.91. The third-order valence-electron chi connectivity index (χ3n) is 2.20. The molecule has 1 aromatic rings. The van der Waals surface area contributed by atoms with Gasteiger partial charge in [0.1, 0.15) is 6.07 Å². The van der Waals surface area contributed by atoms with Crippen molar-refractivity contribution in [1.29, 1.82) is 5.26 Å². The van der Waals surface area contributed by atoms with E-state index >= 15 is 0 Å². The molecule has 0 bridgehead atoms. The van der Waals surface area contributed by atoms with E-state index in [1.165, 1.54) is 13.0 Å². The maximum Gasteiger partial charge on any atom is 0.446 e. The zero-order valence-corrected chi connectivity index (χ0v) is 11.3. The van der Waals surface area contributed by atoms with E-state index in [4.69, 9.17) is 5.26 Å². The van der Waals surface area contributed by atoms with Crippen molar-refractivity contribution >= 4 is 17.7 Å². The summed E-state index contributed by atoms with van der Waals surface area (Å²) in [6, 6.07) is 2.80. The number of rotatable bonds is 4. The molecule has 21 heavy (non-hydrogen) atoms. The van der Waals surface area contributed by atoms with Crippen molar-refractivity contribution in [3.05, 3.63) is 28.8 Å². The zero-order chi connectivity index (χ0) is 16.2. The quantitative estimate of drug-likeness (QED) is 0.471. The molecule has 0 spiro atoms. The number of esters is 1. The molecule has 0 saturated heterocycles. The maximum absolute atomic E-state index is 12.9. The van der Waals surface area contributed by atoms with Crippen molar-refractivity contribution in [2.45, 2.75) is 23.8 Å². The van der Waals surface area contributed by atoms with Crippen LogP contribution in [-0.2, 0) is 4.74 Å². The fourth-order valence-electron chi connectivity index (χ4n) is 1.46. The lowest BCUT2D eigenvalue weighted by Crippen LogP contribution is -2.09. The van der Waals surface area contributed by atoms with E-state index in [0.29, 0.717) is 6.07 Å². The summed E-state index contributed by atoms with van der Waals surface area (Å²) >= 11 is -0.814. The van der Waals surface area contributed by atoms with Gasteiger partial charge in [-0.05, 0) is 30.8 Å². The molecular formula is C12H8F5NO2S. The predicted octanol–water partition coefficient (Wildman–Crippen LogP) is 4.28. The highest BCUT2D eigenvalue weighted by atomic mass is 32.2. The molecule has 114 valence electrons. The fourth-order valence-corrected chi connectivity index (χ4v) is 2.17. The number of nitrogens with zero attached hydrogens (tertiary/aromatic N) is 1. The molecule has 0 aliphatic carbocycles. The number of carbonyl (C=O) groups is 1. The van der Waals surface area contributed by atoms with Crippen LogP contribution >= 0.6 is 11.8 Å². The van der Waals surface area contributed by atoms with Crippen LogP contribution < -0.4 is 0 Å². The van der Waals surface area contributed by atoms with Crippen molar-refractivity contribution in [3.8, 4) is 6.07 Å². The molecule has 1 aromatic carbocycles. The van der Waals surface area contributed by atoms with Gasteiger partial charge in [0, 0.05) is 10.5 Å². The molecule has 0 N–H and O–H groups in total. The van der Waals surface area contributed by atoms with Crippen LogP contribution in [0.3, 0.4) is 0 Å². The van der Waals surface area contributed by atoms with Gasteiger partial charge in [0.05, 0.1) is 17.7 Å². The van der Waals surface area contributed by atoms with Gasteiger partial charge in [-0.2, -0.15) is 18.4 Å². The van der Waals surface area contributed by atoms with E-state index < -0.39 is 51.3 Å². The normalized spacial score (nSPS) is 11.3. The highest BCUT2D eigenvalue weighted by Gasteiger charge is 2.34. The second-order valence-electron chi connectivity index (χ2n) is 3.62. The molecule has 1 rings (SSSR count). The van der Waals surface area contributed by atoms with Gasteiger partial charge in [0.15, 0.2) is 0 Å². The lowest BCUT2D eigenvalue weighted by Gasteiger charge is -2.14. The number of halogens is 5. The molecule has 0 radical (unpaired) electrons. The van der Waals surface area contributed by atoms with Gasteiger partial charge in [-0.1, -0.05) is 0 Å². The Kier molecular flexibility index (Phi) is 5.54. The largest absolute Gasteiger partial charge is 0.462 e. The minimum Gasteiger partial charge on any atom is -0.462 e. The Morgan fingerprint density at radius 3 is 2.48 bits per heavy atom. The standard InChI is InChI=1S/C12H8F5NO2S/c1-2-20-11(19)6-3-7(5-18)9(21-12(15,16)17)8(4-6)10(13)14/h3-4,10H,2H2,1H3. The van der Waals surface area contributed by atoms with Crippen LogP contribution in [0.1, 0.15) is 34.8 Å². The topological polar surface area (TPSA) is 50.1 Å². The number of thioether (sulfide) groups is 1. The molecule has 0 aliphatic heterocycles. The predicted molar refractivity (Wildman–Crippen MR) is 64.0 cm³/mol. The van der Waals surface area contributed by atoms with E-state index in [1.54, 1.807) is 0 Å².